The molecule has 1 fully saturated rings. The van der Waals surface area contributed by atoms with Crippen molar-refractivity contribution in [1.29, 1.82) is 0 Å². The number of aliphatic hydroxyl groups is 1. The van der Waals surface area contributed by atoms with Crippen LogP contribution in [0.3, 0.4) is 0 Å². The molecule has 3 nitrogen and oxygen atoms in total. The Balaban J connectivity index is 2.11. The van der Waals surface area contributed by atoms with Gasteiger partial charge in [-0.05, 0) is 26.3 Å². The molecular formula is C11H18N2OS. The SMILES string of the molecule is Cc1sc(CCO)nc1C1CCCCN1. The van der Waals surface area contributed by atoms with Crippen LogP contribution in [0.1, 0.15) is 40.9 Å². The third kappa shape index (κ3) is 2.56. The van der Waals surface area contributed by atoms with E-state index in [1.54, 1.807) is 11.3 Å². The molecule has 1 unspecified atom stereocenters. The maximum atomic E-state index is 8.88. The standard InChI is InChI=1S/C11H18N2OS/c1-8-11(9-4-2-3-6-12-9)13-10(15-8)5-7-14/h9,12,14H,2-7H2,1H3. The molecule has 2 rings (SSSR count). The summed E-state index contributed by atoms with van der Waals surface area (Å²) in [5.41, 5.74) is 1.21. The first kappa shape index (κ1) is 11.0. The lowest BCUT2D eigenvalue weighted by Crippen LogP contribution is -2.27. The number of aromatic nitrogens is 1. The van der Waals surface area contributed by atoms with Crippen molar-refractivity contribution < 1.29 is 5.11 Å². The molecule has 1 aliphatic rings. The Morgan fingerprint density at radius 1 is 1.53 bits per heavy atom. The van der Waals surface area contributed by atoms with Gasteiger partial charge in [0.05, 0.1) is 16.7 Å². The molecule has 15 heavy (non-hydrogen) atoms. The second-order valence-corrected chi connectivity index (χ2v) is 5.31. The minimum absolute atomic E-state index is 0.199. The average Bonchev–Trinajstić information content (AvgIpc) is 2.61. The summed E-state index contributed by atoms with van der Waals surface area (Å²) in [5.74, 6) is 0. The minimum atomic E-state index is 0.199. The first-order valence-corrected chi connectivity index (χ1v) is 6.43. The minimum Gasteiger partial charge on any atom is -0.396 e. The molecule has 0 bridgehead atoms. The van der Waals surface area contributed by atoms with Crippen molar-refractivity contribution in [2.75, 3.05) is 13.2 Å². The first-order valence-electron chi connectivity index (χ1n) is 5.61. The number of aryl methyl sites for hydroxylation is 1. The van der Waals surface area contributed by atoms with E-state index in [0.29, 0.717) is 12.5 Å². The lowest BCUT2D eigenvalue weighted by Gasteiger charge is -2.22. The Bertz CT molecular complexity index is 318. The van der Waals surface area contributed by atoms with Crippen LogP contribution >= 0.6 is 11.3 Å². The number of thiazole rings is 1. The van der Waals surface area contributed by atoms with E-state index in [1.165, 1.54) is 29.8 Å². The molecule has 0 amide bonds. The average molecular weight is 226 g/mol. The number of rotatable bonds is 3. The van der Waals surface area contributed by atoms with E-state index >= 15 is 0 Å². The van der Waals surface area contributed by atoms with Crippen molar-refractivity contribution in [2.24, 2.45) is 0 Å². The fourth-order valence-electron chi connectivity index (χ4n) is 2.08. The number of hydrogen-bond donors (Lipinski definition) is 2. The van der Waals surface area contributed by atoms with Gasteiger partial charge in [0.25, 0.3) is 0 Å². The van der Waals surface area contributed by atoms with Crippen LogP contribution in [0.25, 0.3) is 0 Å². The summed E-state index contributed by atoms with van der Waals surface area (Å²) in [6, 6.07) is 0.447. The van der Waals surface area contributed by atoms with Gasteiger partial charge >= 0.3 is 0 Å². The van der Waals surface area contributed by atoms with Gasteiger partial charge in [-0.1, -0.05) is 6.42 Å². The molecule has 0 aliphatic carbocycles. The number of hydrogen-bond acceptors (Lipinski definition) is 4. The first-order chi connectivity index (χ1) is 7.31. The van der Waals surface area contributed by atoms with Crippen LogP contribution < -0.4 is 5.32 Å². The van der Waals surface area contributed by atoms with E-state index in [9.17, 15) is 0 Å². The van der Waals surface area contributed by atoms with Crippen molar-refractivity contribution in [3.8, 4) is 0 Å². The zero-order valence-corrected chi connectivity index (χ0v) is 9.94. The topological polar surface area (TPSA) is 45.2 Å². The lowest BCUT2D eigenvalue weighted by molar-refractivity contribution is 0.299. The molecule has 2 heterocycles. The van der Waals surface area contributed by atoms with Gasteiger partial charge in [-0.2, -0.15) is 0 Å². The zero-order valence-electron chi connectivity index (χ0n) is 9.12. The second kappa shape index (κ2) is 5.05. The van der Waals surface area contributed by atoms with Gasteiger partial charge in [0.15, 0.2) is 0 Å². The molecule has 1 aromatic heterocycles. The van der Waals surface area contributed by atoms with Crippen molar-refractivity contribution in [1.82, 2.24) is 10.3 Å². The molecule has 0 spiro atoms. The molecule has 2 N–H and O–H groups in total. The third-order valence-electron chi connectivity index (χ3n) is 2.84. The van der Waals surface area contributed by atoms with E-state index < -0.39 is 0 Å². The van der Waals surface area contributed by atoms with Crippen LogP contribution in [0.5, 0.6) is 0 Å². The van der Waals surface area contributed by atoms with Gasteiger partial charge in [-0.3, -0.25) is 0 Å². The maximum Gasteiger partial charge on any atom is 0.0954 e. The predicted molar refractivity (Wildman–Crippen MR) is 62.2 cm³/mol. The maximum absolute atomic E-state index is 8.88. The van der Waals surface area contributed by atoms with Crippen LogP contribution in [-0.4, -0.2) is 23.2 Å². The van der Waals surface area contributed by atoms with Crippen molar-refractivity contribution >= 4 is 11.3 Å². The zero-order chi connectivity index (χ0) is 10.7. The summed E-state index contributed by atoms with van der Waals surface area (Å²) < 4.78 is 0. The van der Waals surface area contributed by atoms with Crippen LogP contribution in [0.2, 0.25) is 0 Å². The second-order valence-electron chi connectivity index (χ2n) is 4.03. The predicted octanol–water partition coefficient (Wildman–Crippen LogP) is 1.80. The van der Waals surface area contributed by atoms with Gasteiger partial charge in [0.2, 0.25) is 0 Å². The van der Waals surface area contributed by atoms with Gasteiger partial charge in [-0.25, -0.2) is 4.98 Å². The Morgan fingerprint density at radius 3 is 3.07 bits per heavy atom. The molecule has 1 aromatic rings. The fourth-order valence-corrected chi connectivity index (χ4v) is 3.06. The Labute approximate surface area is 94.5 Å². The van der Waals surface area contributed by atoms with Gasteiger partial charge < -0.3 is 10.4 Å². The molecule has 0 saturated carbocycles. The molecule has 1 aliphatic heterocycles. The highest BCUT2D eigenvalue weighted by molar-refractivity contribution is 7.11. The summed E-state index contributed by atoms with van der Waals surface area (Å²) >= 11 is 1.72. The quantitative estimate of drug-likeness (QED) is 0.826. The largest absolute Gasteiger partial charge is 0.396 e. The van der Waals surface area contributed by atoms with Crippen LogP contribution in [0, 0.1) is 6.92 Å². The molecular weight excluding hydrogens is 208 g/mol. The van der Waals surface area contributed by atoms with Crippen LogP contribution in [0.15, 0.2) is 0 Å². The van der Waals surface area contributed by atoms with Crippen molar-refractivity contribution in [3.63, 3.8) is 0 Å². The number of nitrogens with zero attached hydrogens (tertiary/aromatic N) is 1. The normalized spacial score (nSPS) is 21.9. The van der Waals surface area contributed by atoms with Crippen molar-refractivity contribution in [2.45, 2.75) is 38.6 Å². The summed E-state index contributed by atoms with van der Waals surface area (Å²) in [5, 5.41) is 13.5. The van der Waals surface area contributed by atoms with Gasteiger partial charge in [0, 0.05) is 17.9 Å². The molecule has 0 aromatic carbocycles. The van der Waals surface area contributed by atoms with Crippen molar-refractivity contribution in [3.05, 3.63) is 15.6 Å². The highest BCUT2D eigenvalue weighted by Gasteiger charge is 2.20. The molecule has 1 atom stereocenters. The molecule has 84 valence electrons. The van der Waals surface area contributed by atoms with E-state index in [1.807, 2.05) is 0 Å². The third-order valence-corrected chi connectivity index (χ3v) is 3.89. The highest BCUT2D eigenvalue weighted by atomic mass is 32.1. The highest BCUT2D eigenvalue weighted by Crippen LogP contribution is 2.28. The smallest absolute Gasteiger partial charge is 0.0954 e. The van der Waals surface area contributed by atoms with E-state index in [0.717, 1.165) is 11.6 Å². The van der Waals surface area contributed by atoms with Gasteiger partial charge in [-0.15, -0.1) is 11.3 Å². The Morgan fingerprint density at radius 2 is 2.40 bits per heavy atom. The fraction of sp³-hybridized carbons (Fsp3) is 0.727. The monoisotopic (exact) mass is 226 g/mol. The summed E-state index contributed by atoms with van der Waals surface area (Å²) in [6.07, 6.45) is 4.47. The summed E-state index contributed by atoms with van der Waals surface area (Å²) in [4.78, 5) is 5.92. The van der Waals surface area contributed by atoms with E-state index in [-0.39, 0.29) is 6.61 Å². The summed E-state index contributed by atoms with van der Waals surface area (Å²) in [7, 11) is 0. The Kier molecular flexibility index (Phi) is 3.72. The number of aliphatic hydroxyl groups excluding tert-OH is 1. The van der Waals surface area contributed by atoms with E-state index in [2.05, 4.69) is 17.2 Å². The van der Waals surface area contributed by atoms with Gasteiger partial charge in [0.1, 0.15) is 0 Å². The lowest BCUT2D eigenvalue weighted by atomic mass is 10.0. The van der Waals surface area contributed by atoms with Crippen LogP contribution in [0.4, 0.5) is 0 Å². The number of piperidine rings is 1. The molecule has 4 heteroatoms. The molecule has 0 radical (unpaired) electrons. The van der Waals surface area contributed by atoms with E-state index in [4.69, 9.17) is 5.11 Å². The molecule has 1 saturated heterocycles. The van der Waals surface area contributed by atoms with Crippen LogP contribution in [-0.2, 0) is 6.42 Å². The Hall–Kier alpha value is -0.450. The number of nitrogens with one attached hydrogen (secondary N) is 1. The summed E-state index contributed by atoms with van der Waals surface area (Å²) in [6.45, 7) is 3.44.